The van der Waals surface area contributed by atoms with Crippen molar-refractivity contribution in [3.8, 4) is 0 Å². The van der Waals surface area contributed by atoms with E-state index >= 15 is 0 Å². The fourth-order valence-electron chi connectivity index (χ4n) is 1.93. The molecule has 22 heavy (non-hydrogen) atoms. The van der Waals surface area contributed by atoms with Crippen LogP contribution < -0.4 is 5.32 Å². The summed E-state index contributed by atoms with van der Waals surface area (Å²) in [4.78, 5) is 1.34. The minimum absolute atomic E-state index is 0.428. The Morgan fingerprint density at radius 1 is 1.09 bits per heavy atom. The molecule has 1 aromatic heterocycles. The smallest absolute Gasteiger partial charge is 0.269 e. The molecule has 2 aromatic carbocycles. The van der Waals surface area contributed by atoms with Crippen LogP contribution in [0, 0.1) is 0 Å². The van der Waals surface area contributed by atoms with E-state index in [1.807, 2.05) is 61.5 Å². The van der Waals surface area contributed by atoms with Crippen molar-refractivity contribution < 1.29 is 0 Å². The van der Waals surface area contributed by atoms with Crippen molar-refractivity contribution in [2.45, 2.75) is 6.92 Å². The lowest BCUT2D eigenvalue weighted by molar-refractivity contribution is 0.695. The van der Waals surface area contributed by atoms with E-state index in [9.17, 15) is 0 Å². The van der Waals surface area contributed by atoms with Crippen molar-refractivity contribution in [1.29, 1.82) is 0 Å². The fourth-order valence-corrected chi connectivity index (χ4v) is 2.20. The third-order valence-electron chi connectivity index (χ3n) is 2.99. The summed E-state index contributed by atoms with van der Waals surface area (Å²) < 4.78 is 0. The maximum absolute atomic E-state index is 6.17. The van der Waals surface area contributed by atoms with Crippen LogP contribution in [0.15, 0.2) is 59.7 Å². The topological polar surface area (TPSA) is 68.0 Å². The summed E-state index contributed by atoms with van der Waals surface area (Å²) in [6, 6.07) is 17.1. The predicted octanol–water partition coefficient (Wildman–Crippen LogP) is 3.34. The highest BCUT2D eigenvalue weighted by molar-refractivity contribution is 6.34. The van der Waals surface area contributed by atoms with Crippen molar-refractivity contribution in [2.75, 3.05) is 5.32 Å². The largest absolute Gasteiger partial charge is 0.321 e. The molecule has 110 valence electrons. The molecule has 0 saturated carbocycles. The number of nitrogens with zero attached hydrogens (tertiary/aromatic N) is 5. The second kappa shape index (κ2) is 6.36. The molecule has 3 aromatic rings. The van der Waals surface area contributed by atoms with Gasteiger partial charge in [0.25, 0.3) is 5.95 Å². The highest BCUT2D eigenvalue weighted by Crippen LogP contribution is 2.17. The van der Waals surface area contributed by atoms with Crippen LogP contribution in [0.3, 0.4) is 0 Å². The van der Waals surface area contributed by atoms with Crippen LogP contribution in [-0.2, 0) is 0 Å². The Kier molecular flexibility index (Phi) is 4.11. The number of nitrogens with one attached hydrogen (secondary N) is 1. The monoisotopic (exact) mass is 312 g/mol. The van der Waals surface area contributed by atoms with Gasteiger partial charge in [-0.15, -0.1) is 0 Å². The van der Waals surface area contributed by atoms with Gasteiger partial charge in [-0.3, -0.25) is 0 Å². The predicted molar refractivity (Wildman–Crippen MR) is 86.6 cm³/mol. The van der Waals surface area contributed by atoms with Gasteiger partial charge in [-0.1, -0.05) is 57.9 Å². The van der Waals surface area contributed by atoms with Gasteiger partial charge in [0, 0.05) is 16.3 Å². The molecule has 3 rings (SSSR count). The van der Waals surface area contributed by atoms with Crippen molar-refractivity contribution in [3.63, 3.8) is 0 Å². The summed E-state index contributed by atoms with van der Waals surface area (Å²) in [5.41, 5.74) is 2.43. The van der Waals surface area contributed by atoms with E-state index in [1.54, 1.807) is 0 Å². The summed E-state index contributed by atoms with van der Waals surface area (Å²) in [6.45, 7) is 1.86. The molecule has 0 radical (unpaired) electrons. The first-order chi connectivity index (χ1) is 10.7. The van der Waals surface area contributed by atoms with Crippen molar-refractivity contribution in [2.24, 2.45) is 5.10 Å². The van der Waals surface area contributed by atoms with Gasteiger partial charge in [-0.25, -0.2) is 0 Å². The van der Waals surface area contributed by atoms with Crippen LogP contribution in [0.25, 0.3) is 0 Å². The second-order valence-corrected chi connectivity index (χ2v) is 4.96. The molecular formula is C15H13ClN6. The minimum Gasteiger partial charge on any atom is -0.321 e. The van der Waals surface area contributed by atoms with E-state index in [0.29, 0.717) is 16.7 Å². The molecule has 0 amide bonds. The van der Waals surface area contributed by atoms with E-state index in [4.69, 9.17) is 11.6 Å². The normalized spacial score (nSPS) is 11.5. The Bertz CT molecular complexity index is 797. The van der Waals surface area contributed by atoms with Crippen LogP contribution in [0.2, 0.25) is 5.02 Å². The Labute approximate surface area is 132 Å². The molecule has 0 aliphatic heterocycles. The van der Waals surface area contributed by atoms with Gasteiger partial charge in [-0.05, 0) is 35.5 Å². The summed E-state index contributed by atoms with van der Waals surface area (Å²) in [6.07, 6.45) is 0. The molecule has 0 aliphatic rings. The van der Waals surface area contributed by atoms with Gasteiger partial charge in [0.15, 0.2) is 0 Å². The van der Waals surface area contributed by atoms with Crippen LogP contribution >= 0.6 is 11.6 Å². The van der Waals surface area contributed by atoms with Crippen LogP contribution in [-0.4, -0.2) is 26.0 Å². The summed E-state index contributed by atoms with van der Waals surface area (Å²) in [7, 11) is 0. The molecule has 0 fully saturated rings. The lowest BCUT2D eigenvalue weighted by Gasteiger charge is -2.05. The quantitative estimate of drug-likeness (QED) is 0.750. The zero-order valence-corrected chi connectivity index (χ0v) is 12.6. The fraction of sp³-hybridized carbons (Fsp3) is 0.0667. The molecule has 6 nitrogen and oxygen atoms in total. The Morgan fingerprint density at radius 2 is 1.82 bits per heavy atom. The number of hydrogen-bond acceptors (Lipinski definition) is 5. The van der Waals surface area contributed by atoms with Crippen molar-refractivity contribution in [3.05, 3.63) is 65.2 Å². The van der Waals surface area contributed by atoms with E-state index in [2.05, 4.69) is 25.9 Å². The summed E-state index contributed by atoms with van der Waals surface area (Å²) in [5, 5.41) is 19.6. The van der Waals surface area contributed by atoms with E-state index in [1.165, 1.54) is 4.79 Å². The highest BCUT2D eigenvalue weighted by atomic mass is 35.5. The number of benzene rings is 2. The molecule has 0 atom stereocenters. The third kappa shape index (κ3) is 3.12. The molecule has 1 heterocycles. The molecule has 0 bridgehead atoms. The lowest BCUT2D eigenvalue weighted by Crippen LogP contribution is -2.05. The molecule has 0 unspecified atom stereocenters. The zero-order chi connectivity index (χ0) is 15.4. The van der Waals surface area contributed by atoms with Crippen LogP contribution in [0.5, 0.6) is 0 Å². The van der Waals surface area contributed by atoms with Gasteiger partial charge in [0.2, 0.25) is 0 Å². The maximum atomic E-state index is 6.17. The Morgan fingerprint density at radius 3 is 2.59 bits per heavy atom. The second-order valence-electron chi connectivity index (χ2n) is 4.55. The third-order valence-corrected chi connectivity index (χ3v) is 3.32. The summed E-state index contributed by atoms with van der Waals surface area (Å²) in [5.74, 6) is 0.428. The lowest BCUT2D eigenvalue weighted by atomic mass is 10.1. The van der Waals surface area contributed by atoms with E-state index < -0.39 is 0 Å². The first-order valence-corrected chi connectivity index (χ1v) is 7.03. The first kappa shape index (κ1) is 14.2. The number of halogens is 1. The van der Waals surface area contributed by atoms with Gasteiger partial charge in [-0.2, -0.15) is 5.10 Å². The Balaban J connectivity index is 1.89. The van der Waals surface area contributed by atoms with Gasteiger partial charge < -0.3 is 5.32 Å². The molecule has 0 saturated heterocycles. The number of anilines is 2. The van der Waals surface area contributed by atoms with Crippen molar-refractivity contribution in [1.82, 2.24) is 20.3 Å². The highest BCUT2D eigenvalue weighted by Gasteiger charge is 2.08. The van der Waals surface area contributed by atoms with Crippen LogP contribution in [0.4, 0.5) is 11.6 Å². The van der Waals surface area contributed by atoms with Gasteiger partial charge in [0.05, 0.1) is 5.71 Å². The molecule has 0 aliphatic carbocycles. The number of aromatic nitrogens is 4. The maximum Gasteiger partial charge on any atom is 0.269 e. The molecule has 0 spiro atoms. The average Bonchev–Trinajstić information content (AvgIpc) is 2.95. The zero-order valence-electron chi connectivity index (χ0n) is 11.8. The number of para-hydroxylation sites is 1. The standard InChI is InChI=1S/C15H13ClN6/c1-11(13-9-5-6-10-14(13)16)19-22-15(18-20-21-22)17-12-7-3-2-4-8-12/h2-10H,1H3,(H,17,18,21)/b19-11-. The van der Waals surface area contributed by atoms with E-state index in [-0.39, 0.29) is 0 Å². The van der Waals surface area contributed by atoms with Crippen molar-refractivity contribution >= 4 is 28.9 Å². The minimum atomic E-state index is 0.428. The molecule has 1 N–H and O–H groups in total. The first-order valence-electron chi connectivity index (χ1n) is 6.65. The molecular weight excluding hydrogens is 300 g/mol. The number of rotatable bonds is 4. The Hall–Kier alpha value is -2.73. The van der Waals surface area contributed by atoms with E-state index in [0.717, 1.165) is 11.3 Å². The number of tetrazole rings is 1. The summed E-state index contributed by atoms with van der Waals surface area (Å²) >= 11 is 6.17. The van der Waals surface area contributed by atoms with Gasteiger partial charge in [0.1, 0.15) is 0 Å². The number of hydrogen-bond donors (Lipinski definition) is 1. The SMILES string of the molecule is C/C(=N/n1nnnc1Nc1ccccc1)c1ccccc1Cl. The van der Waals surface area contributed by atoms with Gasteiger partial charge >= 0.3 is 0 Å². The van der Waals surface area contributed by atoms with Crippen LogP contribution in [0.1, 0.15) is 12.5 Å². The average molecular weight is 313 g/mol. The molecule has 7 heteroatoms.